The molecule has 2 N–H and O–H groups in total. The van der Waals surface area contributed by atoms with E-state index in [2.05, 4.69) is 15.6 Å². The Hall–Kier alpha value is -3.54. The van der Waals surface area contributed by atoms with Gasteiger partial charge in [-0.05, 0) is 55.8 Å². The standard InChI is InChI=1S/C23H25N3O3/c1-16-4-9-22(17(2)12-16)26-23(27)18-13-19(15-24-14-18)25-10-11-29-21-7-5-20(28-3)6-8-21/h4-9,12-15,25H,10-11H2,1-3H3,(H,26,27). The third kappa shape index (κ3) is 5.72. The Balaban J connectivity index is 1.52. The van der Waals surface area contributed by atoms with Gasteiger partial charge < -0.3 is 20.1 Å². The number of aryl methyl sites for hydroxylation is 2. The topological polar surface area (TPSA) is 72.5 Å². The normalized spacial score (nSPS) is 10.3. The maximum atomic E-state index is 12.6. The van der Waals surface area contributed by atoms with Crippen LogP contribution in [-0.2, 0) is 0 Å². The van der Waals surface area contributed by atoms with Crippen molar-refractivity contribution >= 4 is 17.3 Å². The number of nitrogens with zero attached hydrogens (tertiary/aromatic N) is 1. The van der Waals surface area contributed by atoms with E-state index in [1.54, 1.807) is 25.6 Å². The van der Waals surface area contributed by atoms with E-state index in [-0.39, 0.29) is 5.91 Å². The minimum atomic E-state index is -0.192. The Labute approximate surface area is 170 Å². The molecule has 29 heavy (non-hydrogen) atoms. The van der Waals surface area contributed by atoms with E-state index in [0.29, 0.717) is 18.7 Å². The second-order valence-electron chi connectivity index (χ2n) is 6.69. The van der Waals surface area contributed by atoms with Gasteiger partial charge in [0.15, 0.2) is 0 Å². The molecule has 0 fully saturated rings. The van der Waals surface area contributed by atoms with Crippen molar-refractivity contribution in [3.05, 3.63) is 77.6 Å². The quantitative estimate of drug-likeness (QED) is 0.555. The van der Waals surface area contributed by atoms with Crippen molar-refractivity contribution < 1.29 is 14.3 Å². The first-order valence-electron chi connectivity index (χ1n) is 9.39. The minimum Gasteiger partial charge on any atom is -0.497 e. The van der Waals surface area contributed by atoms with Crippen LogP contribution in [0.15, 0.2) is 60.9 Å². The molecule has 150 valence electrons. The Bertz CT molecular complexity index is 971. The zero-order valence-electron chi connectivity index (χ0n) is 16.9. The summed E-state index contributed by atoms with van der Waals surface area (Å²) in [5.74, 6) is 1.37. The summed E-state index contributed by atoms with van der Waals surface area (Å²) in [6.45, 7) is 5.05. The smallest absolute Gasteiger partial charge is 0.257 e. The van der Waals surface area contributed by atoms with Gasteiger partial charge in [-0.25, -0.2) is 0 Å². The molecule has 0 saturated heterocycles. The number of methoxy groups -OCH3 is 1. The number of amides is 1. The molecular formula is C23H25N3O3. The number of hydrogen-bond donors (Lipinski definition) is 2. The second-order valence-corrected chi connectivity index (χ2v) is 6.69. The van der Waals surface area contributed by atoms with Crippen LogP contribution in [0.3, 0.4) is 0 Å². The maximum absolute atomic E-state index is 12.6. The average molecular weight is 391 g/mol. The molecule has 0 aliphatic rings. The first-order chi connectivity index (χ1) is 14.0. The maximum Gasteiger partial charge on any atom is 0.257 e. The van der Waals surface area contributed by atoms with Gasteiger partial charge in [0, 0.05) is 24.6 Å². The highest BCUT2D eigenvalue weighted by atomic mass is 16.5. The lowest BCUT2D eigenvalue weighted by Crippen LogP contribution is -2.15. The Kier molecular flexibility index (Phi) is 6.68. The van der Waals surface area contributed by atoms with Gasteiger partial charge in [0.05, 0.1) is 18.4 Å². The van der Waals surface area contributed by atoms with Crippen molar-refractivity contribution in [2.45, 2.75) is 13.8 Å². The Morgan fingerprint density at radius 2 is 1.76 bits per heavy atom. The summed E-state index contributed by atoms with van der Waals surface area (Å²) in [5, 5.41) is 6.16. The fourth-order valence-electron chi connectivity index (χ4n) is 2.85. The van der Waals surface area contributed by atoms with Crippen LogP contribution in [0.2, 0.25) is 0 Å². The van der Waals surface area contributed by atoms with Crippen LogP contribution in [0.5, 0.6) is 11.5 Å². The van der Waals surface area contributed by atoms with Gasteiger partial charge in [0.1, 0.15) is 18.1 Å². The zero-order chi connectivity index (χ0) is 20.6. The molecule has 0 spiro atoms. The average Bonchev–Trinajstić information content (AvgIpc) is 2.74. The molecule has 1 heterocycles. The number of rotatable bonds is 8. The van der Waals surface area contributed by atoms with E-state index in [9.17, 15) is 4.79 Å². The fraction of sp³-hybridized carbons (Fsp3) is 0.217. The molecule has 0 bridgehead atoms. The summed E-state index contributed by atoms with van der Waals surface area (Å²) in [7, 11) is 1.63. The van der Waals surface area contributed by atoms with Crippen molar-refractivity contribution in [2.75, 3.05) is 30.9 Å². The number of pyridine rings is 1. The lowest BCUT2D eigenvalue weighted by molar-refractivity contribution is 0.102. The third-order valence-electron chi connectivity index (χ3n) is 4.39. The third-order valence-corrected chi connectivity index (χ3v) is 4.39. The Morgan fingerprint density at radius 1 is 1.00 bits per heavy atom. The molecule has 6 heteroatoms. The number of ether oxygens (including phenoxy) is 2. The first-order valence-corrected chi connectivity index (χ1v) is 9.39. The molecular weight excluding hydrogens is 366 g/mol. The molecule has 0 aliphatic carbocycles. The number of carbonyl (C=O) groups is 1. The first kappa shape index (κ1) is 20.2. The summed E-state index contributed by atoms with van der Waals surface area (Å²) in [6.07, 6.45) is 3.24. The van der Waals surface area contributed by atoms with Gasteiger partial charge in [-0.3, -0.25) is 9.78 Å². The van der Waals surface area contributed by atoms with Gasteiger partial charge in [-0.15, -0.1) is 0 Å². The molecule has 1 aromatic heterocycles. The van der Waals surface area contributed by atoms with E-state index >= 15 is 0 Å². The van der Waals surface area contributed by atoms with Crippen LogP contribution >= 0.6 is 0 Å². The van der Waals surface area contributed by atoms with Gasteiger partial charge >= 0.3 is 0 Å². The van der Waals surface area contributed by atoms with Gasteiger partial charge in [-0.1, -0.05) is 17.7 Å². The molecule has 0 unspecified atom stereocenters. The van der Waals surface area contributed by atoms with Crippen LogP contribution in [0, 0.1) is 13.8 Å². The monoisotopic (exact) mass is 391 g/mol. The fourth-order valence-corrected chi connectivity index (χ4v) is 2.85. The van der Waals surface area contributed by atoms with Crippen LogP contribution in [0.4, 0.5) is 11.4 Å². The van der Waals surface area contributed by atoms with Crippen LogP contribution in [0.25, 0.3) is 0 Å². The number of nitrogens with one attached hydrogen (secondary N) is 2. The van der Waals surface area contributed by atoms with Crippen molar-refractivity contribution in [2.24, 2.45) is 0 Å². The molecule has 3 rings (SSSR count). The number of anilines is 2. The summed E-state index contributed by atoms with van der Waals surface area (Å²) < 4.78 is 10.8. The molecule has 6 nitrogen and oxygen atoms in total. The molecule has 0 atom stereocenters. The van der Waals surface area contributed by atoms with Gasteiger partial charge in [0.2, 0.25) is 0 Å². The molecule has 2 aromatic carbocycles. The van der Waals surface area contributed by atoms with Crippen LogP contribution < -0.4 is 20.1 Å². The van der Waals surface area contributed by atoms with Crippen molar-refractivity contribution in [3.8, 4) is 11.5 Å². The Morgan fingerprint density at radius 3 is 2.48 bits per heavy atom. The highest BCUT2D eigenvalue weighted by Gasteiger charge is 2.09. The predicted molar refractivity (Wildman–Crippen MR) is 115 cm³/mol. The van der Waals surface area contributed by atoms with E-state index in [0.717, 1.165) is 34.0 Å². The van der Waals surface area contributed by atoms with E-state index in [1.165, 1.54) is 0 Å². The highest BCUT2D eigenvalue weighted by Crippen LogP contribution is 2.18. The summed E-state index contributed by atoms with van der Waals surface area (Å²) >= 11 is 0. The minimum absolute atomic E-state index is 0.192. The number of carbonyl (C=O) groups excluding carboxylic acids is 1. The van der Waals surface area contributed by atoms with E-state index in [1.807, 2.05) is 56.3 Å². The van der Waals surface area contributed by atoms with Crippen molar-refractivity contribution in [1.82, 2.24) is 4.98 Å². The summed E-state index contributed by atoms with van der Waals surface area (Å²) in [5.41, 5.74) is 4.23. The summed E-state index contributed by atoms with van der Waals surface area (Å²) in [6, 6.07) is 15.1. The van der Waals surface area contributed by atoms with E-state index < -0.39 is 0 Å². The highest BCUT2D eigenvalue weighted by molar-refractivity contribution is 6.04. The zero-order valence-corrected chi connectivity index (χ0v) is 16.9. The van der Waals surface area contributed by atoms with E-state index in [4.69, 9.17) is 9.47 Å². The summed E-state index contributed by atoms with van der Waals surface area (Å²) in [4.78, 5) is 16.7. The molecule has 0 aliphatic heterocycles. The van der Waals surface area contributed by atoms with Crippen molar-refractivity contribution in [3.63, 3.8) is 0 Å². The van der Waals surface area contributed by atoms with Crippen molar-refractivity contribution in [1.29, 1.82) is 0 Å². The molecule has 3 aromatic rings. The lowest BCUT2D eigenvalue weighted by atomic mass is 10.1. The molecule has 1 amide bonds. The largest absolute Gasteiger partial charge is 0.497 e. The number of benzene rings is 2. The van der Waals surface area contributed by atoms with Gasteiger partial charge in [0.25, 0.3) is 5.91 Å². The SMILES string of the molecule is COc1ccc(OCCNc2cncc(C(=O)Nc3ccc(C)cc3C)c2)cc1. The number of aromatic nitrogens is 1. The number of hydrogen-bond acceptors (Lipinski definition) is 5. The van der Waals surface area contributed by atoms with Crippen LogP contribution in [0.1, 0.15) is 21.5 Å². The lowest BCUT2D eigenvalue weighted by Gasteiger charge is -2.11. The molecule has 0 radical (unpaired) electrons. The van der Waals surface area contributed by atoms with Crippen LogP contribution in [-0.4, -0.2) is 31.2 Å². The van der Waals surface area contributed by atoms with Gasteiger partial charge in [-0.2, -0.15) is 0 Å². The second kappa shape index (κ2) is 9.59. The predicted octanol–water partition coefficient (Wildman–Crippen LogP) is 4.45. The molecule has 0 saturated carbocycles.